The number of pyridine rings is 1. The summed E-state index contributed by atoms with van der Waals surface area (Å²) in [5.74, 6) is -2.01. The standard InChI is InChI=1S/C11H9F2N3O2S/c12-8-4-9(13)11(5-10(8)14)16-19(17,18)7-2-1-3-15-6-7/h1-6,16H,14H2. The van der Waals surface area contributed by atoms with Crippen LogP contribution in [-0.4, -0.2) is 13.4 Å². The molecule has 2 aromatic rings. The van der Waals surface area contributed by atoms with Crippen LogP contribution in [-0.2, 0) is 10.0 Å². The summed E-state index contributed by atoms with van der Waals surface area (Å²) in [4.78, 5) is 3.51. The molecule has 1 heterocycles. The van der Waals surface area contributed by atoms with Gasteiger partial charge in [-0.15, -0.1) is 0 Å². The van der Waals surface area contributed by atoms with Gasteiger partial charge in [0.25, 0.3) is 10.0 Å². The van der Waals surface area contributed by atoms with E-state index in [1.807, 2.05) is 4.72 Å². The first-order chi connectivity index (χ1) is 8.90. The molecular formula is C11H9F2N3O2S. The Kier molecular flexibility index (Phi) is 3.34. The van der Waals surface area contributed by atoms with E-state index in [1.54, 1.807) is 0 Å². The molecule has 0 amide bonds. The van der Waals surface area contributed by atoms with E-state index in [9.17, 15) is 17.2 Å². The highest BCUT2D eigenvalue weighted by Gasteiger charge is 2.17. The summed E-state index contributed by atoms with van der Waals surface area (Å²) in [7, 11) is -4.00. The third-order valence-corrected chi connectivity index (χ3v) is 3.63. The molecule has 0 spiro atoms. The number of nitrogens with zero attached hydrogens (tertiary/aromatic N) is 1. The Balaban J connectivity index is 2.39. The first-order valence-electron chi connectivity index (χ1n) is 5.07. The molecule has 8 heteroatoms. The highest BCUT2D eigenvalue weighted by atomic mass is 32.2. The molecule has 0 aliphatic heterocycles. The molecule has 0 saturated carbocycles. The fraction of sp³-hybridized carbons (Fsp3) is 0. The van der Waals surface area contributed by atoms with Gasteiger partial charge in [0.2, 0.25) is 0 Å². The maximum atomic E-state index is 13.4. The van der Waals surface area contributed by atoms with Crippen LogP contribution >= 0.6 is 0 Å². The third kappa shape index (κ3) is 2.79. The number of halogens is 2. The van der Waals surface area contributed by atoms with E-state index >= 15 is 0 Å². The Bertz CT molecular complexity index is 705. The van der Waals surface area contributed by atoms with Crippen molar-refractivity contribution in [3.63, 3.8) is 0 Å². The average Bonchev–Trinajstić information content (AvgIpc) is 2.37. The molecule has 100 valence electrons. The number of sulfonamides is 1. The van der Waals surface area contributed by atoms with Gasteiger partial charge in [-0.1, -0.05) is 0 Å². The number of nitrogens with two attached hydrogens (primary N) is 1. The molecule has 0 atom stereocenters. The molecule has 0 fully saturated rings. The normalized spacial score (nSPS) is 11.3. The van der Waals surface area contributed by atoms with E-state index in [0.29, 0.717) is 6.07 Å². The molecule has 0 aliphatic rings. The summed E-state index contributed by atoms with van der Waals surface area (Å²) < 4.78 is 52.2. The minimum atomic E-state index is -4.00. The molecule has 1 aromatic carbocycles. The lowest BCUT2D eigenvalue weighted by Crippen LogP contribution is -2.14. The molecule has 0 saturated heterocycles. The minimum Gasteiger partial charge on any atom is -0.396 e. The van der Waals surface area contributed by atoms with Crippen molar-refractivity contribution >= 4 is 21.4 Å². The summed E-state index contributed by atoms with van der Waals surface area (Å²) in [5.41, 5.74) is 4.47. The summed E-state index contributed by atoms with van der Waals surface area (Å²) in [6.07, 6.45) is 2.50. The van der Waals surface area contributed by atoms with Gasteiger partial charge in [0.1, 0.15) is 16.5 Å². The predicted molar refractivity (Wildman–Crippen MR) is 65.8 cm³/mol. The van der Waals surface area contributed by atoms with Gasteiger partial charge in [0.05, 0.1) is 11.4 Å². The number of rotatable bonds is 3. The highest BCUT2D eigenvalue weighted by Crippen LogP contribution is 2.23. The van der Waals surface area contributed by atoms with Gasteiger partial charge in [0.15, 0.2) is 0 Å². The van der Waals surface area contributed by atoms with Crippen LogP contribution in [0.2, 0.25) is 0 Å². The van der Waals surface area contributed by atoms with Crippen molar-refractivity contribution in [2.24, 2.45) is 0 Å². The number of hydrogen-bond donors (Lipinski definition) is 2. The number of aromatic nitrogens is 1. The summed E-state index contributed by atoms with van der Waals surface area (Å²) in [5, 5.41) is 0. The maximum Gasteiger partial charge on any atom is 0.263 e. The van der Waals surface area contributed by atoms with Gasteiger partial charge in [-0.3, -0.25) is 9.71 Å². The molecule has 5 nitrogen and oxygen atoms in total. The van der Waals surface area contributed by atoms with Crippen LogP contribution in [0.4, 0.5) is 20.2 Å². The molecule has 1 aromatic heterocycles. The Morgan fingerprint density at radius 1 is 1.21 bits per heavy atom. The van der Waals surface area contributed by atoms with Crippen molar-refractivity contribution in [3.05, 3.63) is 48.3 Å². The number of anilines is 2. The lowest BCUT2D eigenvalue weighted by Gasteiger charge is -2.09. The summed E-state index contributed by atoms with van der Waals surface area (Å²) >= 11 is 0. The van der Waals surface area contributed by atoms with Crippen molar-refractivity contribution in [2.45, 2.75) is 4.90 Å². The quantitative estimate of drug-likeness (QED) is 0.841. The van der Waals surface area contributed by atoms with E-state index in [0.717, 1.165) is 12.3 Å². The fourth-order valence-electron chi connectivity index (χ4n) is 1.35. The van der Waals surface area contributed by atoms with Crippen LogP contribution in [0.1, 0.15) is 0 Å². The van der Waals surface area contributed by atoms with E-state index in [1.165, 1.54) is 18.3 Å². The van der Waals surface area contributed by atoms with Crippen LogP contribution in [0.5, 0.6) is 0 Å². The largest absolute Gasteiger partial charge is 0.396 e. The number of nitrogens with one attached hydrogen (secondary N) is 1. The maximum absolute atomic E-state index is 13.4. The highest BCUT2D eigenvalue weighted by molar-refractivity contribution is 7.92. The fourth-order valence-corrected chi connectivity index (χ4v) is 2.37. The molecule has 3 N–H and O–H groups in total. The van der Waals surface area contributed by atoms with Crippen molar-refractivity contribution in [1.82, 2.24) is 4.98 Å². The first-order valence-corrected chi connectivity index (χ1v) is 6.56. The molecule has 2 rings (SSSR count). The van der Waals surface area contributed by atoms with Crippen molar-refractivity contribution in [2.75, 3.05) is 10.5 Å². The zero-order valence-electron chi connectivity index (χ0n) is 9.47. The summed E-state index contributed by atoms with van der Waals surface area (Å²) in [6.45, 7) is 0. The second-order valence-electron chi connectivity index (χ2n) is 3.65. The van der Waals surface area contributed by atoms with Crippen LogP contribution < -0.4 is 10.5 Å². The topological polar surface area (TPSA) is 85.1 Å². The SMILES string of the molecule is Nc1cc(NS(=O)(=O)c2cccnc2)c(F)cc1F. The van der Waals surface area contributed by atoms with Crippen LogP contribution in [0.15, 0.2) is 41.6 Å². The Hall–Kier alpha value is -2.22. The van der Waals surface area contributed by atoms with Gasteiger partial charge in [-0.25, -0.2) is 17.2 Å². The van der Waals surface area contributed by atoms with Crippen LogP contribution in [0, 0.1) is 11.6 Å². The van der Waals surface area contributed by atoms with E-state index in [2.05, 4.69) is 4.98 Å². The monoisotopic (exact) mass is 285 g/mol. The Labute approximate surface area is 108 Å². The van der Waals surface area contributed by atoms with Crippen LogP contribution in [0.3, 0.4) is 0 Å². The zero-order chi connectivity index (χ0) is 14.0. The molecule has 19 heavy (non-hydrogen) atoms. The van der Waals surface area contributed by atoms with Crippen LogP contribution in [0.25, 0.3) is 0 Å². The molecule has 0 bridgehead atoms. The van der Waals surface area contributed by atoms with Gasteiger partial charge < -0.3 is 5.73 Å². The smallest absolute Gasteiger partial charge is 0.263 e. The zero-order valence-corrected chi connectivity index (χ0v) is 10.3. The van der Waals surface area contributed by atoms with Gasteiger partial charge in [0, 0.05) is 18.5 Å². The molecule has 0 radical (unpaired) electrons. The molecule has 0 aliphatic carbocycles. The van der Waals surface area contributed by atoms with Gasteiger partial charge in [-0.05, 0) is 18.2 Å². The van der Waals surface area contributed by atoms with Crippen molar-refractivity contribution < 1.29 is 17.2 Å². The van der Waals surface area contributed by atoms with Crippen molar-refractivity contribution in [3.8, 4) is 0 Å². The Morgan fingerprint density at radius 2 is 1.95 bits per heavy atom. The van der Waals surface area contributed by atoms with Gasteiger partial charge >= 0.3 is 0 Å². The first kappa shape index (κ1) is 13.2. The number of hydrogen-bond acceptors (Lipinski definition) is 4. The third-order valence-electron chi connectivity index (χ3n) is 2.28. The predicted octanol–water partition coefficient (Wildman–Crippen LogP) is 1.74. The minimum absolute atomic E-state index is 0.141. The number of benzene rings is 1. The lowest BCUT2D eigenvalue weighted by atomic mass is 10.2. The molecule has 0 unspecified atom stereocenters. The molecular weight excluding hydrogens is 276 g/mol. The summed E-state index contributed by atoms with van der Waals surface area (Å²) in [6, 6.07) is 4.10. The number of nitrogen functional groups attached to an aromatic ring is 1. The van der Waals surface area contributed by atoms with Crippen molar-refractivity contribution in [1.29, 1.82) is 0 Å². The van der Waals surface area contributed by atoms with E-state index in [-0.39, 0.29) is 10.6 Å². The second-order valence-corrected chi connectivity index (χ2v) is 5.33. The average molecular weight is 285 g/mol. The van der Waals surface area contributed by atoms with Gasteiger partial charge in [-0.2, -0.15) is 0 Å². The van der Waals surface area contributed by atoms with E-state index in [4.69, 9.17) is 5.73 Å². The van der Waals surface area contributed by atoms with E-state index < -0.39 is 27.3 Å². The lowest BCUT2D eigenvalue weighted by molar-refractivity contribution is 0.585. The second kappa shape index (κ2) is 4.81. The Morgan fingerprint density at radius 3 is 2.58 bits per heavy atom.